The standard InChI is InChI=1S/C28H22F2N6O3/c29-23-9-10-25(26(30)12-23)28(38,17-36-19-31-18-34-36)16-35-15-21(13-33-35)4-3-20-5-7-22(8-6-20)27(37)32-14-24-2-1-11-39-24/h1-2,5-13,15,18-19,38H,14,16-17H2,(H,32,37). The summed E-state index contributed by atoms with van der Waals surface area (Å²) in [6, 6.07) is 13.3. The van der Waals surface area contributed by atoms with Gasteiger partial charge in [0.2, 0.25) is 0 Å². The first-order chi connectivity index (χ1) is 18.9. The van der Waals surface area contributed by atoms with Crippen LogP contribution < -0.4 is 5.32 Å². The van der Waals surface area contributed by atoms with E-state index in [4.69, 9.17) is 4.42 Å². The zero-order chi connectivity index (χ0) is 27.2. The number of aromatic nitrogens is 5. The van der Waals surface area contributed by atoms with E-state index in [1.165, 1.54) is 34.3 Å². The maximum absolute atomic E-state index is 14.6. The summed E-state index contributed by atoms with van der Waals surface area (Å²) < 4.78 is 36.1. The predicted molar refractivity (Wildman–Crippen MR) is 135 cm³/mol. The molecule has 0 radical (unpaired) electrons. The van der Waals surface area contributed by atoms with Crippen LogP contribution in [0.1, 0.15) is 32.8 Å². The highest BCUT2D eigenvalue weighted by Gasteiger charge is 2.34. The molecule has 11 heteroatoms. The molecule has 2 N–H and O–H groups in total. The quantitative estimate of drug-likeness (QED) is 0.299. The van der Waals surface area contributed by atoms with E-state index >= 15 is 0 Å². The third-order valence-corrected chi connectivity index (χ3v) is 5.88. The zero-order valence-corrected chi connectivity index (χ0v) is 20.5. The SMILES string of the molecule is O=C(NCc1ccco1)c1ccc(C#Cc2cnn(CC(O)(Cn3cncn3)c3ccc(F)cc3F)c2)cc1. The van der Waals surface area contributed by atoms with Crippen LogP contribution in [0.3, 0.4) is 0 Å². The van der Waals surface area contributed by atoms with Crippen molar-refractivity contribution in [3.8, 4) is 11.8 Å². The average Bonchev–Trinajstić information content (AvgIpc) is 3.70. The normalized spacial score (nSPS) is 12.4. The molecule has 0 spiro atoms. The second-order valence-corrected chi connectivity index (χ2v) is 8.76. The Labute approximate surface area is 221 Å². The summed E-state index contributed by atoms with van der Waals surface area (Å²) in [6.07, 6.45) is 7.35. The number of hydrogen-bond acceptors (Lipinski definition) is 6. The van der Waals surface area contributed by atoms with Crippen LogP contribution in [0.2, 0.25) is 0 Å². The van der Waals surface area contributed by atoms with Crippen molar-refractivity contribution in [1.29, 1.82) is 0 Å². The van der Waals surface area contributed by atoms with E-state index in [1.54, 1.807) is 48.9 Å². The molecule has 3 aromatic heterocycles. The van der Waals surface area contributed by atoms with E-state index in [1.807, 2.05) is 0 Å². The number of benzene rings is 2. The van der Waals surface area contributed by atoms with Gasteiger partial charge in [0.25, 0.3) is 5.91 Å². The molecule has 0 aliphatic heterocycles. The Morgan fingerprint density at radius 2 is 1.82 bits per heavy atom. The van der Waals surface area contributed by atoms with Crippen LogP contribution in [0.5, 0.6) is 0 Å². The monoisotopic (exact) mass is 528 g/mol. The van der Waals surface area contributed by atoms with Gasteiger partial charge in [0.1, 0.15) is 35.7 Å². The van der Waals surface area contributed by atoms with Crippen LogP contribution in [0.25, 0.3) is 0 Å². The summed E-state index contributed by atoms with van der Waals surface area (Å²) in [5.74, 6) is 4.78. The number of furan rings is 1. The Hall–Kier alpha value is -5.08. The molecule has 196 valence electrons. The van der Waals surface area contributed by atoms with Gasteiger partial charge in [-0.1, -0.05) is 17.9 Å². The second-order valence-electron chi connectivity index (χ2n) is 8.76. The molecular formula is C28H22F2N6O3. The molecule has 5 aromatic rings. The summed E-state index contributed by atoms with van der Waals surface area (Å²) in [7, 11) is 0. The van der Waals surface area contributed by atoms with Crippen LogP contribution in [-0.2, 0) is 25.2 Å². The van der Waals surface area contributed by atoms with E-state index in [9.17, 15) is 18.7 Å². The van der Waals surface area contributed by atoms with Gasteiger partial charge in [0, 0.05) is 29.0 Å². The first kappa shape index (κ1) is 25.6. The molecule has 5 rings (SSSR count). The fourth-order valence-electron chi connectivity index (χ4n) is 3.98. The molecule has 9 nitrogen and oxygen atoms in total. The number of nitrogens with one attached hydrogen (secondary N) is 1. The number of carbonyl (C=O) groups excluding carboxylic acids is 1. The number of aliphatic hydroxyl groups is 1. The minimum absolute atomic E-state index is 0.101. The zero-order valence-electron chi connectivity index (χ0n) is 20.5. The number of amides is 1. The molecule has 3 heterocycles. The molecule has 0 aliphatic carbocycles. The largest absolute Gasteiger partial charge is 0.467 e. The second kappa shape index (κ2) is 11.1. The first-order valence-electron chi connectivity index (χ1n) is 11.8. The van der Waals surface area contributed by atoms with E-state index < -0.39 is 17.2 Å². The van der Waals surface area contributed by atoms with E-state index in [0.29, 0.717) is 29.0 Å². The van der Waals surface area contributed by atoms with E-state index in [0.717, 1.165) is 12.1 Å². The molecule has 0 saturated carbocycles. The first-order valence-corrected chi connectivity index (χ1v) is 11.8. The summed E-state index contributed by atoms with van der Waals surface area (Å²) >= 11 is 0. The predicted octanol–water partition coefficient (Wildman–Crippen LogP) is 3.26. The Kier molecular flexibility index (Phi) is 7.29. The summed E-state index contributed by atoms with van der Waals surface area (Å²) in [4.78, 5) is 16.2. The van der Waals surface area contributed by atoms with Crippen molar-refractivity contribution in [1.82, 2.24) is 29.9 Å². The average molecular weight is 529 g/mol. The summed E-state index contributed by atoms with van der Waals surface area (Å²) in [6.45, 7) is -0.00406. The van der Waals surface area contributed by atoms with Gasteiger partial charge in [-0.25, -0.2) is 18.4 Å². The number of hydrogen-bond donors (Lipinski definition) is 2. The van der Waals surface area contributed by atoms with Gasteiger partial charge in [0.15, 0.2) is 0 Å². The highest BCUT2D eigenvalue weighted by Crippen LogP contribution is 2.28. The topological polar surface area (TPSA) is 111 Å². The highest BCUT2D eigenvalue weighted by molar-refractivity contribution is 5.94. The highest BCUT2D eigenvalue weighted by atomic mass is 19.1. The molecule has 39 heavy (non-hydrogen) atoms. The van der Waals surface area contributed by atoms with Crippen molar-refractivity contribution in [3.63, 3.8) is 0 Å². The molecular weight excluding hydrogens is 506 g/mol. The van der Waals surface area contributed by atoms with Crippen LogP contribution in [0.15, 0.2) is 90.3 Å². The van der Waals surface area contributed by atoms with E-state index in [2.05, 4.69) is 32.3 Å². The molecule has 1 atom stereocenters. The van der Waals surface area contributed by atoms with Crippen LogP contribution in [0.4, 0.5) is 8.78 Å². The Bertz CT molecular complexity index is 1620. The van der Waals surface area contributed by atoms with Crippen molar-refractivity contribution in [3.05, 3.63) is 126 Å². The van der Waals surface area contributed by atoms with Crippen molar-refractivity contribution >= 4 is 5.91 Å². The molecule has 2 aromatic carbocycles. The molecule has 0 fully saturated rings. The number of carbonyl (C=O) groups is 1. The molecule has 0 bridgehead atoms. The lowest BCUT2D eigenvalue weighted by molar-refractivity contribution is -0.00847. The third kappa shape index (κ3) is 6.26. The Morgan fingerprint density at radius 1 is 1.03 bits per heavy atom. The Balaban J connectivity index is 1.28. The van der Waals surface area contributed by atoms with Crippen LogP contribution >= 0.6 is 0 Å². The lowest BCUT2D eigenvalue weighted by Crippen LogP contribution is -2.37. The molecule has 1 amide bonds. The summed E-state index contributed by atoms with van der Waals surface area (Å²) in [5, 5.41) is 22.5. The van der Waals surface area contributed by atoms with Crippen molar-refractivity contribution in [2.75, 3.05) is 0 Å². The fourth-order valence-corrected chi connectivity index (χ4v) is 3.98. The van der Waals surface area contributed by atoms with E-state index in [-0.39, 0.29) is 24.6 Å². The smallest absolute Gasteiger partial charge is 0.251 e. The maximum Gasteiger partial charge on any atom is 0.251 e. The van der Waals surface area contributed by atoms with Gasteiger partial charge in [-0.05, 0) is 42.5 Å². The van der Waals surface area contributed by atoms with Gasteiger partial charge in [-0.3, -0.25) is 9.48 Å². The minimum Gasteiger partial charge on any atom is -0.467 e. The van der Waals surface area contributed by atoms with Gasteiger partial charge in [-0.15, -0.1) is 0 Å². The molecule has 1 unspecified atom stereocenters. The van der Waals surface area contributed by atoms with Crippen molar-refractivity contribution in [2.45, 2.75) is 25.2 Å². The number of nitrogens with zero attached hydrogens (tertiary/aromatic N) is 5. The van der Waals surface area contributed by atoms with Gasteiger partial charge >= 0.3 is 0 Å². The molecule has 0 aliphatic rings. The lowest BCUT2D eigenvalue weighted by atomic mass is 9.93. The number of rotatable bonds is 8. The van der Waals surface area contributed by atoms with Gasteiger partial charge in [0.05, 0.1) is 37.7 Å². The number of halogens is 2. The lowest BCUT2D eigenvalue weighted by Gasteiger charge is -2.28. The minimum atomic E-state index is -1.81. The van der Waals surface area contributed by atoms with Gasteiger partial charge < -0.3 is 14.8 Å². The van der Waals surface area contributed by atoms with Gasteiger partial charge in [-0.2, -0.15) is 10.2 Å². The maximum atomic E-state index is 14.6. The Morgan fingerprint density at radius 3 is 2.54 bits per heavy atom. The fraction of sp³-hybridized carbons (Fsp3) is 0.143. The van der Waals surface area contributed by atoms with Crippen molar-refractivity contribution in [2.24, 2.45) is 0 Å². The van der Waals surface area contributed by atoms with Crippen molar-refractivity contribution < 1.29 is 23.1 Å². The molecule has 0 saturated heterocycles. The summed E-state index contributed by atoms with van der Waals surface area (Å²) in [5.41, 5.74) is -0.190. The van der Waals surface area contributed by atoms with Crippen LogP contribution in [-0.4, -0.2) is 35.6 Å². The third-order valence-electron chi connectivity index (χ3n) is 5.88. The van der Waals surface area contributed by atoms with Crippen LogP contribution in [0, 0.1) is 23.5 Å².